The third-order valence-corrected chi connectivity index (χ3v) is 2.84. The zero-order valence-corrected chi connectivity index (χ0v) is 14.8. The van der Waals surface area contributed by atoms with Crippen LogP contribution in [0.2, 0.25) is 0 Å². The maximum absolute atomic E-state index is 12.6. The van der Waals surface area contributed by atoms with Crippen LogP contribution in [0.15, 0.2) is 4.42 Å². The van der Waals surface area contributed by atoms with Crippen molar-refractivity contribution in [2.45, 2.75) is 45.8 Å². The first-order valence-corrected chi connectivity index (χ1v) is 7.10. The van der Waals surface area contributed by atoms with Gasteiger partial charge in [-0.25, -0.2) is 4.79 Å². The van der Waals surface area contributed by atoms with Gasteiger partial charge < -0.3 is 23.9 Å². The largest absolute Gasteiger partial charge is 0.467 e. The van der Waals surface area contributed by atoms with Gasteiger partial charge in [0.05, 0.1) is 14.2 Å². The highest BCUT2D eigenvalue weighted by Gasteiger charge is 2.46. The van der Waals surface area contributed by atoms with Gasteiger partial charge in [-0.05, 0) is 27.7 Å². The number of aromatic nitrogens is 1. The molecule has 1 atom stereocenters. The van der Waals surface area contributed by atoms with Gasteiger partial charge in [-0.2, -0.15) is 4.98 Å². The lowest BCUT2D eigenvalue weighted by Crippen LogP contribution is -2.52. The molecule has 0 fully saturated rings. The van der Waals surface area contributed by atoms with E-state index in [0.717, 1.165) is 14.0 Å². The third-order valence-electron chi connectivity index (χ3n) is 2.84. The van der Waals surface area contributed by atoms with Crippen LogP contribution in [-0.2, 0) is 24.7 Å². The summed E-state index contributed by atoms with van der Waals surface area (Å²) in [5.74, 6) is -2.76. The Morgan fingerprint density at radius 2 is 1.71 bits per heavy atom. The van der Waals surface area contributed by atoms with Crippen LogP contribution < -0.4 is 10.1 Å². The molecule has 1 aromatic rings. The van der Waals surface area contributed by atoms with Crippen LogP contribution in [0.4, 0.5) is 0 Å². The first-order chi connectivity index (χ1) is 10.9. The molecule has 1 heterocycles. The maximum atomic E-state index is 12.6. The van der Waals surface area contributed by atoms with Gasteiger partial charge in [0.1, 0.15) is 0 Å². The average Bonchev–Trinajstić information content (AvgIpc) is 2.88. The molecule has 9 heteroatoms. The number of carbonyl (C=O) groups is 3. The standard InChI is InChI=1S/C15H22N2O7/c1-8(18)24-15(5,12(20)17-14(2,3)4)13-16-9(10(19)21-6)11(22-7)23-13/h1-7H3,(H,17,20). The van der Waals surface area contributed by atoms with E-state index in [0.29, 0.717) is 0 Å². The van der Waals surface area contributed by atoms with Crippen molar-refractivity contribution in [2.24, 2.45) is 0 Å². The molecule has 0 aliphatic carbocycles. The second-order valence-electron chi connectivity index (χ2n) is 6.18. The summed E-state index contributed by atoms with van der Waals surface area (Å²) in [5, 5.41) is 2.68. The Morgan fingerprint density at radius 1 is 1.12 bits per heavy atom. The topological polar surface area (TPSA) is 117 Å². The molecular weight excluding hydrogens is 320 g/mol. The first-order valence-electron chi connectivity index (χ1n) is 7.10. The Bertz CT molecular complexity index is 645. The van der Waals surface area contributed by atoms with Crippen molar-refractivity contribution in [3.63, 3.8) is 0 Å². The molecule has 1 amide bonds. The number of ether oxygens (including phenoxy) is 3. The van der Waals surface area contributed by atoms with E-state index in [2.05, 4.69) is 15.0 Å². The van der Waals surface area contributed by atoms with Gasteiger partial charge in [-0.1, -0.05) is 0 Å². The molecule has 0 bridgehead atoms. The average molecular weight is 342 g/mol. The summed E-state index contributed by atoms with van der Waals surface area (Å²) >= 11 is 0. The number of hydrogen-bond acceptors (Lipinski definition) is 8. The Kier molecular flexibility index (Phi) is 5.59. The molecule has 134 valence electrons. The zero-order valence-electron chi connectivity index (χ0n) is 14.8. The molecular formula is C15H22N2O7. The molecule has 0 spiro atoms. The molecule has 1 N–H and O–H groups in total. The lowest BCUT2D eigenvalue weighted by molar-refractivity contribution is -0.169. The number of methoxy groups -OCH3 is 2. The SMILES string of the molecule is COC(=O)c1nc(C(C)(OC(C)=O)C(=O)NC(C)(C)C)oc1OC. The minimum absolute atomic E-state index is 0.251. The summed E-state index contributed by atoms with van der Waals surface area (Å²) in [6.07, 6.45) is 0. The number of nitrogens with one attached hydrogen (secondary N) is 1. The van der Waals surface area contributed by atoms with Gasteiger partial charge in [-0.15, -0.1) is 0 Å². The monoisotopic (exact) mass is 342 g/mol. The van der Waals surface area contributed by atoms with Gasteiger partial charge in [0.15, 0.2) is 0 Å². The summed E-state index contributed by atoms with van der Waals surface area (Å²) in [7, 11) is 2.42. The predicted octanol–water partition coefficient (Wildman–Crippen LogP) is 1.16. The van der Waals surface area contributed by atoms with Gasteiger partial charge in [0.2, 0.25) is 5.69 Å². The van der Waals surface area contributed by atoms with Crippen molar-refractivity contribution in [1.29, 1.82) is 0 Å². The summed E-state index contributed by atoms with van der Waals surface area (Å²) in [4.78, 5) is 39.7. The molecule has 0 aliphatic heterocycles. The van der Waals surface area contributed by atoms with Crippen LogP contribution in [0.5, 0.6) is 5.95 Å². The third kappa shape index (κ3) is 4.24. The van der Waals surface area contributed by atoms with Crippen LogP contribution in [0, 0.1) is 0 Å². The smallest absolute Gasteiger partial charge is 0.364 e. The summed E-state index contributed by atoms with van der Waals surface area (Å²) in [5.41, 5.74) is -2.75. The molecule has 1 unspecified atom stereocenters. The lowest BCUT2D eigenvalue weighted by atomic mass is 10.0. The number of amides is 1. The summed E-state index contributed by atoms with van der Waals surface area (Å²) in [6, 6.07) is 0. The summed E-state index contributed by atoms with van der Waals surface area (Å²) < 4.78 is 20.0. The highest BCUT2D eigenvalue weighted by Crippen LogP contribution is 2.31. The van der Waals surface area contributed by atoms with Gasteiger partial charge in [-0.3, -0.25) is 9.59 Å². The fraction of sp³-hybridized carbons (Fsp3) is 0.600. The van der Waals surface area contributed by atoms with Crippen molar-refractivity contribution >= 4 is 17.8 Å². The lowest BCUT2D eigenvalue weighted by Gasteiger charge is -2.29. The van der Waals surface area contributed by atoms with E-state index in [-0.39, 0.29) is 17.5 Å². The normalized spacial score (nSPS) is 13.6. The van der Waals surface area contributed by atoms with E-state index >= 15 is 0 Å². The zero-order chi connectivity index (χ0) is 18.7. The fourth-order valence-electron chi connectivity index (χ4n) is 1.81. The van der Waals surface area contributed by atoms with E-state index < -0.39 is 29.0 Å². The molecule has 0 saturated heterocycles. The number of hydrogen-bond donors (Lipinski definition) is 1. The number of carbonyl (C=O) groups excluding carboxylic acids is 3. The van der Waals surface area contributed by atoms with Crippen molar-refractivity contribution in [1.82, 2.24) is 10.3 Å². The first kappa shape index (κ1) is 19.5. The van der Waals surface area contributed by atoms with E-state index in [1.54, 1.807) is 20.8 Å². The van der Waals surface area contributed by atoms with Crippen LogP contribution in [0.1, 0.15) is 51.0 Å². The van der Waals surface area contributed by atoms with E-state index in [1.165, 1.54) is 14.0 Å². The Balaban J connectivity index is 3.40. The Morgan fingerprint density at radius 3 is 2.12 bits per heavy atom. The molecule has 0 saturated carbocycles. The molecule has 0 radical (unpaired) electrons. The second kappa shape index (κ2) is 6.90. The van der Waals surface area contributed by atoms with Crippen LogP contribution in [-0.4, -0.2) is 42.6 Å². The van der Waals surface area contributed by atoms with Crippen LogP contribution in [0.3, 0.4) is 0 Å². The fourth-order valence-corrected chi connectivity index (χ4v) is 1.81. The van der Waals surface area contributed by atoms with Crippen LogP contribution >= 0.6 is 0 Å². The van der Waals surface area contributed by atoms with Crippen molar-refractivity contribution in [3.8, 4) is 5.95 Å². The van der Waals surface area contributed by atoms with Crippen molar-refractivity contribution < 1.29 is 33.0 Å². The number of rotatable bonds is 5. The highest BCUT2D eigenvalue weighted by molar-refractivity contribution is 5.91. The van der Waals surface area contributed by atoms with E-state index in [1.807, 2.05) is 0 Å². The minimum Gasteiger partial charge on any atom is -0.467 e. The Hall–Kier alpha value is -2.58. The van der Waals surface area contributed by atoms with E-state index in [9.17, 15) is 14.4 Å². The molecule has 1 rings (SSSR count). The van der Waals surface area contributed by atoms with Gasteiger partial charge >= 0.3 is 17.9 Å². The second-order valence-corrected chi connectivity index (χ2v) is 6.18. The molecule has 1 aromatic heterocycles. The van der Waals surface area contributed by atoms with Gasteiger partial charge in [0, 0.05) is 12.5 Å². The van der Waals surface area contributed by atoms with Crippen molar-refractivity contribution in [2.75, 3.05) is 14.2 Å². The Labute approximate surface area is 139 Å². The maximum Gasteiger partial charge on any atom is 0.364 e. The molecule has 0 aromatic carbocycles. The van der Waals surface area contributed by atoms with Crippen molar-refractivity contribution in [3.05, 3.63) is 11.6 Å². The van der Waals surface area contributed by atoms with Crippen LogP contribution in [0.25, 0.3) is 0 Å². The predicted molar refractivity (Wildman–Crippen MR) is 81.4 cm³/mol. The summed E-state index contributed by atoms with van der Waals surface area (Å²) in [6.45, 7) is 7.73. The minimum atomic E-state index is -1.89. The number of nitrogens with zero attached hydrogens (tertiary/aromatic N) is 1. The molecule has 0 aliphatic rings. The molecule has 9 nitrogen and oxygen atoms in total. The molecule has 24 heavy (non-hydrogen) atoms. The highest BCUT2D eigenvalue weighted by atomic mass is 16.6. The van der Waals surface area contributed by atoms with Gasteiger partial charge in [0.25, 0.3) is 17.4 Å². The number of esters is 2. The number of oxazole rings is 1. The van der Waals surface area contributed by atoms with E-state index in [4.69, 9.17) is 13.9 Å². The quantitative estimate of drug-likeness (QED) is 0.792.